The van der Waals surface area contributed by atoms with Crippen LogP contribution in [0.1, 0.15) is 42.0 Å². The Balaban J connectivity index is 2.24. The monoisotopic (exact) mass is 245 g/mol. The van der Waals surface area contributed by atoms with Gasteiger partial charge in [0.2, 0.25) is 5.91 Å². The van der Waals surface area contributed by atoms with Gasteiger partial charge in [0, 0.05) is 0 Å². The Hall–Kier alpha value is -1.84. The number of carbonyl (C=O) groups excluding carboxylic acids is 1. The lowest BCUT2D eigenvalue weighted by molar-refractivity contribution is -0.155. The van der Waals surface area contributed by atoms with Crippen molar-refractivity contribution in [2.75, 3.05) is 0 Å². The van der Waals surface area contributed by atoms with E-state index >= 15 is 0 Å². The molecule has 3 unspecified atom stereocenters. The predicted octanol–water partition coefficient (Wildman–Crippen LogP) is 1.74. The molecule has 1 aromatic rings. The Morgan fingerprint density at radius 2 is 2.22 bits per heavy atom. The van der Waals surface area contributed by atoms with Crippen LogP contribution in [0.15, 0.2) is 18.2 Å². The second-order valence-corrected chi connectivity index (χ2v) is 5.50. The number of hydrogen-bond acceptors (Lipinski definition) is 2. The van der Waals surface area contributed by atoms with Crippen molar-refractivity contribution in [2.45, 2.75) is 32.2 Å². The average molecular weight is 245 g/mol. The number of amides is 1. The van der Waals surface area contributed by atoms with Crippen molar-refractivity contribution in [3.63, 3.8) is 0 Å². The first-order valence-electron chi connectivity index (χ1n) is 6.08. The third kappa shape index (κ3) is 1.20. The number of rotatable bonds is 1. The highest BCUT2D eigenvalue weighted by Crippen LogP contribution is 2.53. The van der Waals surface area contributed by atoms with Crippen LogP contribution in [0.5, 0.6) is 0 Å². The number of nitrogens with one attached hydrogen (secondary N) is 1. The van der Waals surface area contributed by atoms with Gasteiger partial charge in [-0.05, 0) is 37.0 Å². The zero-order valence-electron chi connectivity index (χ0n) is 10.4. The largest absolute Gasteiger partial charge is 0.481 e. The van der Waals surface area contributed by atoms with E-state index in [-0.39, 0.29) is 11.8 Å². The number of hydrogen-bond donors (Lipinski definition) is 2. The fourth-order valence-electron chi connectivity index (χ4n) is 3.33. The molecule has 1 aromatic carbocycles. The van der Waals surface area contributed by atoms with Crippen molar-refractivity contribution in [2.24, 2.45) is 5.41 Å². The first-order valence-corrected chi connectivity index (χ1v) is 6.08. The van der Waals surface area contributed by atoms with Crippen molar-refractivity contribution in [1.29, 1.82) is 0 Å². The van der Waals surface area contributed by atoms with Crippen LogP contribution in [0, 0.1) is 12.3 Å². The third-order valence-electron chi connectivity index (χ3n) is 4.37. The maximum atomic E-state index is 12.0. The molecule has 0 spiro atoms. The highest BCUT2D eigenvalue weighted by molar-refractivity contribution is 5.92. The second kappa shape index (κ2) is 3.34. The molecule has 4 rings (SSSR count). The van der Waals surface area contributed by atoms with Crippen LogP contribution in [0.4, 0.5) is 0 Å². The maximum Gasteiger partial charge on any atom is 0.311 e. The lowest BCUT2D eigenvalue weighted by atomic mass is 9.61. The van der Waals surface area contributed by atoms with Gasteiger partial charge in [-0.3, -0.25) is 9.59 Å². The molecule has 1 fully saturated rings. The van der Waals surface area contributed by atoms with Gasteiger partial charge in [-0.1, -0.05) is 18.2 Å². The SMILES string of the molecule is Cc1cccc2c1C1CC(C)(C(=O)O)C2NC1=O. The lowest BCUT2D eigenvalue weighted by Crippen LogP contribution is -2.56. The fraction of sp³-hybridized carbons (Fsp3) is 0.429. The summed E-state index contributed by atoms with van der Waals surface area (Å²) in [5.74, 6) is -1.21. The minimum Gasteiger partial charge on any atom is -0.481 e. The topological polar surface area (TPSA) is 66.4 Å². The number of aryl methyl sites for hydroxylation is 1. The molecule has 2 aliphatic heterocycles. The summed E-state index contributed by atoms with van der Waals surface area (Å²) in [6.45, 7) is 3.70. The predicted molar refractivity (Wildman–Crippen MR) is 65.2 cm³/mol. The van der Waals surface area contributed by atoms with Crippen LogP contribution in [-0.4, -0.2) is 17.0 Å². The van der Waals surface area contributed by atoms with Gasteiger partial charge >= 0.3 is 5.97 Å². The quantitative estimate of drug-likeness (QED) is 0.792. The summed E-state index contributed by atoms with van der Waals surface area (Å²) < 4.78 is 0. The van der Waals surface area contributed by atoms with Crippen molar-refractivity contribution in [3.05, 3.63) is 34.9 Å². The van der Waals surface area contributed by atoms with E-state index in [1.165, 1.54) is 0 Å². The summed E-state index contributed by atoms with van der Waals surface area (Å²) >= 11 is 0. The van der Waals surface area contributed by atoms with Gasteiger partial charge in [0.25, 0.3) is 0 Å². The number of carboxylic acid groups (broad SMARTS) is 1. The van der Waals surface area contributed by atoms with Gasteiger partial charge < -0.3 is 10.4 Å². The molecule has 94 valence electrons. The lowest BCUT2D eigenvalue weighted by Gasteiger charge is -2.48. The summed E-state index contributed by atoms with van der Waals surface area (Å²) in [5, 5.41) is 12.3. The summed E-state index contributed by atoms with van der Waals surface area (Å²) in [6, 6.07) is 5.41. The molecule has 2 bridgehead atoms. The van der Waals surface area contributed by atoms with E-state index in [9.17, 15) is 14.7 Å². The maximum absolute atomic E-state index is 12.0. The Morgan fingerprint density at radius 1 is 1.50 bits per heavy atom. The molecule has 4 heteroatoms. The molecule has 2 N–H and O–H groups in total. The molecular weight excluding hydrogens is 230 g/mol. The van der Waals surface area contributed by atoms with E-state index in [2.05, 4.69) is 5.32 Å². The van der Waals surface area contributed by atoms with Gasteiger partial charge in [-0.25, -0.2) is 0 Å². The average Bonchev–Trinajstić information content (AvgIpc) is 2.31. The summed E-state index contributed by atoms with van der Waals surface area (Å²) in [5.41, 5.74) is 2.17. The Labute approximate surface area is 105 Å². The summed E-state index contributed by atoms with van der Waals surface area (Å²) in [6.07, 6.45) is 0.386. The number of benzene rings is 1. The minimum absolute atomic E-state index is 0.0412. The van der Waals surface area contributed by atoms with Crippen LogP contribution >= 0.6 is 0 Å². The van der Waals surface area contributed by atoms with Crippen LogP contribution in [0.3, 0.4) is 0 Å². The van der Waals surface area contributed by atoms with Gasteiger partial charge in [0.15, 0.2) is 0 Å². The van der Waals surface area contributed by atoms with Crippen LogP contribution in [0.25, 0.3) is 0 Å². The molecule has 1 amide bonds. The number of carboxylic acids is 1. The molecule has 1 aliphatic carbocycles. The van der Waals surface area contributed by atoms with Crippen molar-refractivity contribution < 1.29 is 14.7 Å². The Kier molecular flexibility index (Phi) is 2.09. The van der Waals surface area contributed by atoms with E-state index in [1.54, 1.807) is 6.92 Å². The molecule has 18 heavy (non-hydrogen) atoms. The van der Waals surface area contributed by atoms with E-state index in [0.29, 0.717) is 6.42 Å². The molecule has 0 radical (unpaired) electrons. The van der Waals surface area contributed by atoms with E-state index in [1.807, 2.05) is 25.1 Å². The number of fused-ring (bicyclic) bond motifs is 2. The van der Waals surface area contributed by atoms with E-state index in [4.69, 9.17) is 0 Å². The fourth-order valence-corrected chi connectivity index (χ4v) is 3.33. The summed E-state index contributed by atoms with van der Waals surface area (Å²) in [4.78, 5) is 23.5. The van der Waals surface area contributed by atoms with Gasteiger partial charge in [-0.15, -0.1) is 0 Å². The Bertz CT molecular complexity index is 566. The smallest absolute Gasteiger partial charge is 0.311 e. The first kappa shape index (κ1) is 11.3. The highest BCUT2D eigenvalue weighted by atomic mass is 16.4. The van der Waals surface area contributed by atoms with Gasteiger partial charge in [0.05, 0.1) is 17.4 Å². The first-order chi connectivity index (χ1) is 8.45. The molecule has 2 heterocycles. The molecule has 3 atom stereocenters. The normalized spacial score (nSPS) is 32.9. The standard InChI is InChI=1S/C14H15NO3/c1-7-4-3-5-8-10(7)9-6-14(2,13(17)18)11(8)15-12(9)16/h3-5,9,11H,6H2,1-2H3,(H,15,16)(H,17,18). The second-order valence-electron chi connectivity index (χ2n) is 5.50. The number of aliphatic carboxylic acids is 1. The summed E-state index contributed by atoms with van der Waals surface area (Å²) in [7, 11) is 0. The van der Waals surface area contributed by atoms with Crippen molar-refractivity contribution in [1.82, 2.24) is 5.32 Å². The molecular formula is C14H15NO3. The van der Waals surface area contributed by atoms with Crippen LogP contribution in [-0.2, 0) is 9.59 Å². The minimum atomic E-state index is -0.903. The van der Waals surface area contributed by atoms with E-state index in [0.717, 1.165) is 16.7 Å². The van der Waals surface area contributed by atoms with Gasteiger partial charge in [0.1, 0.15) is 0 Å². The highest BCUT2D eigenvalue weighted by Gasteiger charge is 2.55. The number of carbonyl (C=O) groups is 2. The van der Waals surface area contributed by atoms with Crippen molar-refractivity contribution in [3.8, 4) is 0 Å². The van der Waals surface area contributed by atoms with Crippen LogP contribution < -0.4 is 5.32 Å². The van der Waals surface area contributed by atoms with E-state index < -0.39 is 17.4 Å². The molecule has 4 nitrogen and oxygen atoms in total. The third-order valence-corrected chi connectivity index (χ3v) is 4.37. The zero-order chi connectivity index (χ0) is 13.1. The number of piperidine rings is 1. The molecule has 0 aromatic heterocycles. The van der Waals surface area contributed by atoms with Crippen LogP contribution in [0.2, 0.25) is 0 Å². The Morgan fingerprint density at radius 3 is 2.89 bits per heavy atom. The van der Waals surface area contributed by atoms with Crippen molar-refractivity contribution >= 4 is 11.9 Å². The zero-order valence-corrected chi connectivity index (χ0v) is 10.4. The molecule has 0 saturated carbocycles. The molecule has 1 saturated heterocycles. The van der Waals surface area contributed by atoms with Gasteiger partial charge in [-0.2, -0.15) is 0 Å². The molecule has 3 aliphatic rings.